The Morgan fingerprint density at radius 3 is 1.95 bits per heavy atom. The molecule has 0 bridgehead atoms. The summed E-state index contributed by atoms with van der Waals surface area (Å²) in [7, 11) is 0. The van der Waals surface area contributed by atoms with Gasteiger partial charge in [0, 0.05) is 6.42 Å². The van der Waals surface area contributed by atoms with E-state index in [0.29, 0.717) is 6.42 Å². The maximum absolute atomic E-state index is 10.3. The Morgan fingerprint density at radius 2 is 1.38 bits per heavy atom. The molecule has 0 aromatic heterocycles. The van der Waals surface area contributed by atoms with E-state index in [-0.39, 0.29) is 51.7 Å². The monoisotopic (exact) mass is 420 g/mol. The van der Waals surface area contributed by atoms with Crippen LogP contribution in [0.25, 0.3) is 0 Å². The Morgan fingerprint density at radius 1 is 0.857 bits per heavy atom. The van der Waals surface area contributed by atoms with Gasteiger partial charge in [0.2, 0.25) is 0 Å². The predicted molar refractivity (Wildman–Crippen MR) is 95.0 cm³/mol. The molecule has 0 amide bonds. The third-order valence-corrected chi connectivity index (χ3v) is 3.34. The molecule has 0 aliphatic heterocycles. The summed E-state index contributed by atoms with van der Waals surface area (Å²) >= 11 is 0. The molecule has 0 saturated heterocycles. The van der Waals surface area contributed by atoms with Crippen LogP contribution in [0, 0.1) is 0 Å². The number of carbonyl (C=O) groups is 1. The molecular weight excluding hydrogens is 386 g/mol. The van der Waals surface area contributed by atoms with Crippen LogP contribution < -0.4 is 0 Å². The molecule has 0 aromatic carbocycles. The standard InChI is InChI=1S/C18H32O2.Ba.2H/c1-2-3-4-5-6-7-8-9-10-11-12-13-14-15-16-17-18(19)20;;;/h6-7,9-10H,2-5,8,11-17H2,1H3,(H,19,20);;;/q;+2;2*-1/b7-6-,10-9-;;;. The molecule has 0 radical (unpaired) electrons. The van der Waals surface area contributed by atoms with E-state index < -0.39 is 5.97 Å². The van der Waals surface area contributed by atoms with Gasteiger partial charge in [-0.05, 0) is 38.5 Å². The molecule has 0 heterocycles. The molecule has 0 aliphatic carbocycles. The molecule has 1 N–H and O–H groups in total. The van der Waals surface area contributed by atoms with Gasteiger partial charge in [0.05, 0.1) is 0 Å². The number of allylic oxidation sites excluding steroid dienone is 4. The van der Waals surface area contributed by atoms with Crippen LogP contribution in [0.3, 0.4) is 0 Å². The minimum Gasteiger partial charge on any atom is -1.00 e. The number of aliphatic carboxylic acids is 1. The zero-order chi connectivity index (χ0) is 14.9. The molecule has 21 heavy (non-hydrogen) atoms. The van der Waals surface area contributed by atoms with E-state index in [1.807, 2.05) is 0 Å². The fraction of sp³-hybridized carbons (Fsp3) is 0.722. The Bertz CT molecular complexity index is 282. The van der Waals surface area contributed by atoms with Crippen molar-refractivity contribution in [2.24, 2.45) is 0 Å². The smallest absolute Gasteiger partial charge is 1.00 e. The maximum atomic E-state index is 10.3. The molecule has 3 heteroatoms. The number of carboxylic acids is 1. The SMILES string of the molecule is CCCCC/C=C\C/C=C\CCCCCCCC(=O)O.[Ba+2].[H-].[H-]. The second kappa shape index (κ2) is 20.5. The largest absolute Gasteiger partial charge is 2.00 e. The van der Waals surface area contributed by atoms with Crippen molar-refractivity contribution in [1.29, 1.82) is 0 Å². The van der Waals surface area contributed by atoms with Gasteiger partial charge in [-0.1, -0.05) is 63.3 Å². The van der Waals surface area contributed by atoms with Gasteiger partial charge >= 0.3 is 54.9 Å². The molecule has 0 unspecified atom stereocenters. The van der Waals surface area contributed by atoms with Gasteiger partial charge in [0.1, 0.15) is 0 Å². The average molecular weight is 420 g/mol. The van der Waals surface area contributed by atoms with Crippen molar-refractivity contribution in [3.05, 3.63) is 24.3 Å². The van der Waals surface area contributed by atoms with E-state index in [1.165, 1.54) is 44.9 Å². The molecule has 0 aromatic rings. The molecule has 120 valence electrons. The first kappa shape index (κ1) is 23.8. The quantitative estimate of drug-likeness (QED) is 0.222. The summed E-state index contributed by atoms with van der Waals surface area (Å²) in [5.74, 6) is -0.671. The summed E-state index contributed by atoms with van der Waals surface area (Å²) in [4.78, 5) is 10.3. The van der Waals surface area contributed by atoms with Crippen LogP contribution in [-0.2, 0) is 4.79 Å². The van der Waals surface area contributed by atoms with Crippen molar-refractivity contribution >= 4 is 54.9 Å². The van der Waals surface area contributed by atoms with Crippen LogP contribution in [0.2, 0.25) is 0 Å². The Hall–Kier alpha value is 0.521. The van der Waals surface area contributed by atoms with Gasteiger partial charge in [0.15, 0.2) is 0 Å². The van der Waals surface area contributed by atoms with Crippen LogP contribution in [0.15, 0.2) is 24.3 Å². The zero-order valence-electron chi connectivity index (χ0n) is 15.9. The minimum atomic E-state index is -0.671. The van der Waals surface area contributed by atoms with Gasteiger partial charge < -0.3 is 7.96 Å². The van der Waals surface area contributed by atoms with Gasteiger partial charge in [0.25, 0.3) is 0 Å². The van der Waals surface area contributed by atoms with E-state index in [0.717, 1.165) is 25.7 Å². The Labute approximate surface area is 174 Å². The van der Waals surface area contributed by atoms with Gasteiger partial charge in [-0.3, -0.25) is 4.79 Å². The normalized spacial score (nSPS) is 11.1. The van der Waals surface area contributed by atoms with Crippen LogP contribution >= 0.6 is 0 Å². The number of hydrogen-bond acceptors (Lipinski definition) is 1. The van der Waals surface area contributed by atoms with Crippen LogP contribution in [-0.4, -0.2) is 60.0 Å². The van der Waals surface area contributed by atoms with E-state index in [9.17, 15) is 4.79 Å². The van der Waals surface area contributed by atoms with Crippen LogP contribution in [0.5, 0.6) is 0 Å². The minimum absolute atomic E-state index is 0. The molecule has 0 rings (SSSR count). The summed E-state index contributed by atoms with van der Waals surface area (Å²) in [5.41, 5.74) is 0. The van der Waals surface area contributed by atoms with Gasteiger partial charge in [-0.15, -0.1) is 0 Å². The van der Waals surface area contributed by atoms with Crippen molar-refractivity contribution in [3.8, 4) is 0 Å². The fourth-order valence-corrected chi connectivity index (χ4v) is 2.09. The summed E-state index contributed by atoms with van der Waals surface area (Å²) in [5, 5.41) is 8.50. The number of unbranched alkanes of at least 4 members (excludes halogenated alkanes) is 8. The van der Waals surface area contributed by atoms with E-state index >= 15 is 0 Å². The first-order chi connectivity index (χ1) is 9.77. The summed E-state index contributed by atoms with van der Waals surface area (Å²) in [6.45, 7) is 2.23. The molecule has 0 aliphatic rings. The molecule has 2 nitrogen and oxygen atoms in total. The maximum Gasteiger partial charge on any atom is 2.00 e. The zero-order valence-corrected chi connectivity index (χ0v) is 18.3. The Balaban J connectivity index is -0.000000602. The fourth-order valence-electron chi connectivity index (χ4n) is 2.09. The van der Waals surface area contributed by atoms with Crippen molar-refractivity contribution in [2.45, 2.75) is 84.0 Å². The molecule has 0 spiro atoms. The van der Waals surface area contributed by atoms with Crippen molar-refractivity contribution in [1.82, 2.24) is 0 Å². The molecule has 0 saturated carbocycles. The van der Waals surface area contributed by atoms with Crippen molar-refractivity contribution < 1.29 is 12.8 Å². The molecular formula is C18H34BaO2. The third-order valence-electron chi connectivity index (χ3n) is 3.34. The first-order valence-electron chi connectivity index (χ1n) is 8.29. The van der Waals surface area contributed by atoms with Gasteiger partial charge in [-0.2, -0.15) is 0 Å². The molecule has 0 atom stereocenters. The molecule has 0 fully saturated rings. The summed E-state index contributed by atoms with van der Waals surface area (Å²) < 4.78 is 0. The van der Waals surface area contributed by atoms with Gasteiger partial charge in [-0.25, -0.2) is 0 Å². The number of rotatable bonds is 14. The Kier molecular flexibility index (Phi) is 23.2. The second-order valence-electron chi connectivity index (χ2n) is 5.37. The van der Waals surface area contributed by atoms with E-state index in [4.69, 9.17) is 5.11 Å². The average Bonchev–Trinajstić information content (AvgIpc) is 2.43. The predicted octanol–water partition coefficient (Wildman–Crippen LogP) is 5.73. The first-order valence-corrected chi connectivity index (χ1v) is 8.29. The van der Waals surface area contributed by atoms with Crippen LogP contribution in [0.1, 0.15) is 86.8 Å². The summed E-state index contributed by atoms with van der Waals surface area (Å²) in [6, 6.07) is 0. The van der Waals surface area contributed by atoms with Crippen molar-refractivity contribution in [2.75, 3.05) is 0 Å². The number of carboxylic acid groups (broad SMARTS) is 1. The summed E-state index contributed by atoms with van der Waals surface area (Å²) in [6.07, 6.45) is 22.3. The second-order valence-corrected chi connectivity index (χ2v) is 5.37. The third kappa shape index (κ3) is 22.9. The van der Waals surface area contributed by atoms with Crippen molar-refractivity contribution in [3.63, 3.8) is 0 Å². The topological polar surface area (TPSA) is 37.3 Å². The van der Waals surface area contributed by atoms with E-state index in [2.05, 4.69) is 31.2 Å². The number of hydrogen-bond donors (Lipinski definition) is 1. The van der Waals surface area contributed by atoms with E-state index in [1.54, 1.807) is 0 Å². The van der Waals surface area contributed by atoms with Crippen LogP contribution in [0.4, 0.5) is 0 Å².